The molecule has 2 atom stereocenters. The fourth-order valence-electron chi connectivity index (χ4n) is 1.65. The fourth-order valence-corrected chi connectivity index (χ4v) is 2.56. The van der Waals surface area contributed by atoms with Crippen LogP contribution in [0.4, 0.5) is 5.69 Å². The van der Waals surface area contributed by atoms with Crippen LogP contribution < -0.4 is 11.1 Å². The molecular formula is C11H18N2O8P2. The summed E-state index contributed by atoms with van der Waals surface area (Å²) in [5.74, 6) is -3.05. The zero-order chi connectivity index (χ0) is 17.5. The molecule has 0 saturated heterocycles. The van der Waals surface area contributed by atoms with E-state index in [-0.39, 0.29) is 18.9 Å². The molecule has 0 heterocycles. The third-order valence-corrected chi connectivity index (χ3v) is 3.61. The lowest BCUT2D eigenvalue weighted by atomic mass is 10.2. The molecule has 0 saturated carbocycles. The summed E-state index contributed by atoms with van der Waals surface area (Å²) >= 11 is 0. The Kier molecular flexibility index (Phi) is 7.87. The molecule has 1 aromatic rings. The standard InChI is InChI=1S/C11H18N2O8P2/c12-9-4-2-8(3-5-9)10(14)13-7-1-6-11(15,20-22(16)17)21-23(18)19/h2-5,15,22-23H,1,6-7,12H2,(H,13,14)(H,16,17)(H,18,19). The Bertz CT molecular complexity index is 564. The molecule has 1 amide bonds. The fraction of sp³-hybridized carbons (Fsp3) is 0.364. The second-order valence-electron chi connectivity index (χ2n) is 4.43. The van der Waals surface area contributed by atoms with E-state index in [0.717, 1.165) is 0 Å². The first-order valence-corrected chi connectivity index (χ1v) is 8.94. The Morgan fingerprint density at radius 2 is 1.70 bits per heavy atom. The third kappa shape index (κ3) is 7.71. The number of amides is 1. The number of hydrogen-bond acceptors (Lipinski definition) is 7. The monoisotopic (exact) mass is 368 g/mol. The highest BCUT2D eigenvalue weighted by molar-refractivity contribution is 7.33. The zero-order valence-electron chi connectivity index (χ0n) is 11.9. The average molecular weight is 368 g/mol. The number of rotatable bonds is 9. The predicted molar refractivity (Wildman–Crippen MR) is 82.0 cm³/mol. The van der Waals surface area contributed by atoms with Crippen LogP contribution in [0.1, 0.15) is 23.2 Å². The molecule has 0 radical (unpaired) electrons. The highest BCUT2D eigenvalue weighted by Crippen LogP contribution is 2.35. The quantitative estimate of drug-likeness (QED) is 0.177. The van der Waals surface area contributed by atoms with Crippen molar-refractivity contribution in [3.05, 3.63) is 29.8 Å². The van der Waals surface area contributed by atoms with Crippen LogP contribution in [-0.4, -0.2) is 33.3 Å². The molecule has 23 heavy (non-hydrogen) atoms. The molecule has 1 aromatic carbocycles. The van der Waals surface area contributed by atoms with Gasteiger partial charge in [0.1, 0.15) is 0 Å². The van der Waals surface area contributed by atoms with Gasteiger partial charge in [-0.05, 0) is 30.7 Å². The molecule has 0 bridgehead atoms. The van der Waals surface area contributed by atoms with Crippen molar-refractivity contribution in [1.82, 2.24) is 5.32 Å². The van der Waals surface area contributed by atoms with Crippen LogP contribution in [0, 0.1) is 0 Å². The number of nitrogen functional groups attached to an aromatic ring is 1. The van der Waals surface area contributed by atoms with Gasteiger partial charge in [-0.3, -0.25) is 23.0 Å². The number of nitrogens with two attached hydrogens (primary N) is 1. The minimum atomic E-state index is -3.59. The van der Waals surface area contributed by atoms with Crippen LogP contribution in [0.2, 0.25) is 0 Å². The van der Waals surface area contributed by atoms with Crippen LogP contribution in [0.25, 0.3) is 0 Å². The highest BCUT2D eigenvalue weighted by Gasteiger charge is 2.33. The van der Waals surface area contributed by atoms with E-state index in [1.54, 1.807) is 12.1 Å². The van der Waals surface area contributed by atoms with Crippen molar-refractivity contribution in [2.24, 2.45) is 0 Å². The molecule has 0 fully saturated rings. The molecule has 10 nitrogen and oxygen atoms in total. The Hall–Kier alpha value is -1.25. The average Bonchev–Trinajstić information content (AvgIpc) is 2.42. The molecule has 0 aliphatic carbocycles. The molecule has 2 unspecified atom stereocenters. The lowest BCUT2D eigenvalue weighted by Crippen LogP contribution is -2.33. The maximum atomic E-state index is 11.8. The maximum Gasteiger partial charge on any atom is 0.320 e. The summed E-state index contributed by atoms with van der Waals surface area (Å²) in [6, 6.07) is 6.19. The molecule has 0 aromatic heterocycles. The summed E-state index contributed by atoms with van der Waals surface area (Å²) in [4.78, 5) is 29.1. The van der Waals surface area contributed by atoms with Crippen molar-refractivity contribution in [2.45, 2.75) is 18.8 Å². The minimum absolute atomic E-state index is 0.0570. The number of benzene rings is 1. The van der Waals surface area contributed by atoms with Gasteiger partial charge in [-0.2, -0.15) is 0 Å². The summed E-state index contributed by atoms with van der Waals surface area (Å²) in [7, 11) is -7.19. The second kappa shape index (κ2) is 9.14. The van der Waals surface area contributed by atoms with Crippen molar-refractivity contribution in [2.75, 3.05) is 12.3 Å². The van der Waals surface area contributed by atoms with Gasteiger partial charge in [-0.15, -0.1) is 0 Å². The first-order chi connectivity index (χ1) is 10.7. The van der Waals surface area contributed by atoms with Gasteiger partial charge in [-0.25, -0.2) is 0 Å². The van der Waals surface area contributed by atoms with Crippen LogP contribution in [0.15, 0.2) is 24.3 Å². The number of anilines is 1. The SMILES string of the molecule is Nc1ccc(C(=O)NCCCC(O)(O[PH](=O)O)O[PH](=O)O)cc1. The summed E-state index contributed by atoms with van der Waals surface area (Å²) in [5.41, 5.74) is 6.39. The molecule has 12 heteroatoms. The lowest BCUT2D eigenvalue weighted by Gasteiger charge is -2.24. The van der Waals surface area contributed by atoms with Gasteiger partial charge in [0.15, 0.2) is 0 Å². The first-order valence-electron chi connectivity index (χ1n) is 6.42. The predicted octanol–water partition coefficient (Wildman–Crippen LogP) is 0.222. The number of nitrogens with one attached hydrogen (secondary N) is 1. The molecule has 0 spiro atoms. The number of aliphatic hydroxyl groups is 1. The van der Waals surface area contributed by atoms with Crippen LogP contribution in [0.3, 0.4) is 0 Å². The van der Waals surface area contributed by atoms with Gasteiger partial charge >= 0.3 is 16.5 Å². The molecular weight excluding hydrogens is 350 g/mol. The van der Waals surface area contributed by atoms with E-state index < -0.39 is 28.9 Å². The van der Waals surface area contributed by atoms with Crippen molar-refractivity contribution in [1.29, 1.82) is 0 Å². The smallest absolute Gasteiger partial charge is 0.320 e. The summed E-state index contributed by atoms with van der Waals surface area (Å²) in [6.45, 7) is 0.0664. The summed E-state index contributed by atoms with van der Waals surface area (Å²) < 4.78 is 29.7. The lowest BCUT2D eigenvalue weighted by molar-refractivity contribution is -0.277. The van der Waals surface area contributed by atoms with Gasteiger partial charge in [0.05, 0.1) is 0 Å². The van der Waals surface area contributed by atoms with E-state index in [1.165, 1.54) is 12.1 Å². The Morgan fingerprint density at radius 3 is 2.17 bits per heavy atom. The summed E-state index contributed by atoms with van der Waals surface area (Å²) in [6.07, 6.45) is -0.343. The first kappa shape index (κ1) is 19.8. The van der Waals surface area contributed by atoms with E-state index in [1.807, 2.05) is 0 Å². The normalized spacial score (nSPS) is 16.3. The molecule has 0 aliphatic heterocycles. The van der Waals surface area contributed by atoms with E-state index in [0.29, 0.717) is 11.3 Å². The Morgan fingerprint density at radius 1 is 1.17 bits per heavy atom. The van der Waals surface area contributed by atoms with Crippen molar-refractivity contribution < 1.29 is 37.9 Å². The molecule has 130 valence electrons. The minimum Gasteiger partial charge on any atom is -0.399 e. The maximum absolute atomic E-state index is 11.8. The van der Waals surface area contributed by atoms with E-state index in [2.05, 4.69) is 14.4 Å². The van der Waals surface area contributed by atoms with Crippen LogP contribution in [0.5, 0.6) is 0 Å². The van der Waals surface area contributed by atoms with Crippen molar-refractivity contribution in [3.8, 4) is 0 Å². The van der Waals surface area contributed by atoms with E-state index in [9.17, 15) is 19.0 Å². The molecule has 1 rings (SSSR count). The summed E-state index contributed by atoms with van der Waals surface area (Å²) in [5, 5.41) is 12.3. The third-order valence-electron chi connectivity index (χ3n) is 2.62. The molecule has 6 N–H and O–H groups in total. The Balaban J connectivity index is 2.47. The van der Waals surface area contributed by atoms with Gasteiger partial charge in [-0.1, -0.05) is 0 Å². The van der Waals surface area contributed by atoms with Crippen LogP contribution in [-0.2, 0) is 18.2 Å². The number of hydrogen-bond donors (Lipinski definition) is 5. The van der Waals surface area contributed by atoms with Crippen LogP contribution >= 0.6 is 16.5 Å². The number of carbonyl (C=O) groups is 1. The zero-order valence-corrected chi connectivity index (χ0v) is 13.9. The number of carbonyl (C=O) groups excluding carboxylic acids is 1. The largest absolute Gasteiger partial charge is 0.399 e. The highest BCUT2D eigenvalue weighted by atomic mass is 31.1. The van der Waals surface area contributed by atoms with Gasteiger partial charge < -0.3 is 25.9 Å². The van der Waals surface area contributed by atoms with Crippen molar-refractivity contribution >= 4 is 28.1 Å². The van der Waals surface area contributed by atoms with Gasteiger partial charge in [0.2, 0.25) is 0 Å². The van der Waals surface area contributed by atoms with Gasteiger partial charge in [0.25, 0.3) is 11.9 Å². The van der Waals surface area contributed by atoms with Gasteiger partial charge in [0, 0.05) is 24.2 Å². The van der Waals surface area contributed by atoms with Crippen molar-refractivity contribution in [3.63, 3.8) is 0 Å². The van der Waals surface area contributed by atoms with E-state index >= 15 is 0 Å². The second-order valence-corrected chi connectivity index (χ2v) is 5.90. The Labute approximate surface area is 133 Å². The topological polar surface area (TPSA) is 168 Å². The molecule has 0 aliphatic rings. The van der Waals surface area contributed by atoms with E-state index in [4.69, 9.17) is 15.5 Å².